The molecule has 1 heterocycles. The van der Waals surface area contributed by atoms with Crippen molar-refractivity contribution in [2.45, 2.75) is 52.2 Å². The standard InChI is InChI=1S/C18H30O4/c1-14(2)10-11-16(15(3)18(19)20-4)8-7-13-22-17-9-5-6-12-21-17/h10-11,15-17H,1,5-9,12-13H2,2-4H3/b11-10+/t15-,16+,17?/m0/s1. The lowest BCUT2D eigenvalue weighted by Crippen LogP contribution is -2.24. The molecule has 126 valence electrons. The molecular weight excluding hydrogens is 280 g/mol. The zero-order chi connectivity index (χ0) is 16.4. The molecule has 1 saturated heterocycles. The first-order valence-corrected chi connectivity index (χ1v) is 8.19. The van der Waals surface area contributed by atoms with E-state index in [0.717, 1.165) is 37.9 Å². The number of ether oxygens (including phenoxy) is 3. The van der Waals surface area contributed by atoms with Crippen molar-refractivity contribution < 1.29 is 19.0 Å². The number of allylic oxidation sites excluding steroid dienone is 3. The van der Waals surface area contributed by atoms with Gasteiger partial charge in [-0.3, -0.25) is 4.79 Å². The zero-order valence-corrected chi connectivity index (χ0v) is 14.2. The molecular formula is C18H30O4. The fourth-order valence-corrected chi connectivity index (χ4v) is 2.54. The molecule has 0 radical (unpaired) electrons. The lowest BCUT2D eigenvalue weighted by molar-refractivity contribution is -0.163. The van der Waals surface area contributed by atoms with E-state index < -0.39 is 0 Å². The molecule has 1 rings (SSSR count). The van der Waals surface area contributed by atoms with Crippen molar-refractivity contribution in [2.75, 3.05) is 20.3 Å². The van der Waals surface area contributed by atoms with Gasteiger partial charge in [-0.15, -0.1) is 0 Å². The Balaban J connectivity index is 2.39. The average Bonchev–Trinajstić information content (AvgIpc) is 2.53. The van der Waals surface area contributed by atoms with Crippen LogP contribution in [0.4, 0.5) is 0 Å². The summed E-state index contributed by atoms with van der Waals surface area (Å²) >= 11 is 0. The quantitative estimate of drug-likeness (QED) is 0.368. The van der Waals surface area contributed by atoms with E-state index in [-0.39, 0.29) is 24.1 Å². The van der Waals surface area contributed by atoms with Gasteiger partial charge in [0.05, 0.1) is 13.0 Å². The lowest BCUT2D eigenvalue weighted by Gasteiger charge is -2.23. The van der Waals surface area contributed by atoms with E-state index in [4.69, 9.17) is 14.2 Å². The highest BCUT2D eigenvalue weighted by Crippen LogP contribution is 2.22. The van der Waals surface area contributed by atoms with Gasteiger partial charge in [-0.2, -0.15) is 0 Å². The molecule has 1 aliphatic rings. The monoisotopic (exact) mass is 310 g/mol. The Labute approximate surface area is 134 Å². The predicted molar refractivity (Wildman–Crippen MR) is 87.4 cm³/mol. The molecule has 1 aliphatic heterocycles. The SMILES string of the molecule is C=C(C)/C=C/[C@@H](CCCOC1CCCCO1)[C@H](C)C(=O)OC. The molecule has 4 nitrogen and oxygen atoms in total. The number of hydrogen-bond donors (Lipinski definition) is 0. The van der Waals surface area contributed by atoms with E-state index in [0.29, 0.717) is 6.61 Å². The molecule has 22 heavy (non-hydrogen) atoms. The zero-order valence-electron chi connectivity index (χ0n) is 14.2. The van der Waals surface area contributed by atoms with Gasteiger partial charge in [-0.25, -0.2) is 0 Å². The third kappa shape index (κ3) is 7.23. The van der Waals surface area contributed by atoms with Gasteiger partial charge >= 0.3 is 5.97 Å². The Kier molecular flexibility index (Phi) is 9.09. The Morgan fingerprint density at radius 2 is 2.23 bits per heavy atom. The van der Waals surface area contributed by atoms with Crippen LogP contribution in [0.25, 0.3) is 0 Å². The summed E-state index contributed by atoms with van der Waals surface area (Å²) in [6, 6.07) is 0. The molecule has 1 unspecified atom stereocenters. The maximum absolute atomic E-state index is 11.7. The predicted octanol–water partition coefficient (Wildman–Crippen LogP) is 3.87. The van der Waals surface area contributed by atoms with Gasteiger partial charge in [0.15, 0.2) is 6.29 Å². The molecule has 4 heteroatoms. The highest BCUT2D eigenvalue weighted by atomic mass is 16.7. The summed E-state index contributed by atoms with van der Waals surface area (Å²) in [7, 11) is 1.43. The molecule has 0 bridgehead atoms. The summed E-state index contributed by atoms with van der Waals surface area (Å²) in [6.45, 7) is 9.18. The van der Waals surface area contributed by atoms with Gasteiger partial charge in [-0.1, -0.05) is 31.2 Å². The number of carbonyl (C=O) groups is 1. The van der Waals surface area contributed by atoms with Crippen molar-refractivity contribution in [1.29, 1.82) is 0 Å². The van der Waals surface area contributed by atoms with Gasteiger partial charge < -0.3 is 14.2 Å². The first kappa shape index (κ1) is 18.9. The van der Waals surface area contributed by atoms with E-state index in [2.05, 4.69) is 12.7 Å². The highest BCUT2D eigenvalue weighted by Gasteiger charge is 2.22. The van der Waals surface area contributed by atoms with Crippen LogP contribution in [0.3, 0.4) is 0 Å². The minimum Gasteiger partial charge on any atom is -0.469 e. The number of hydrogen-bond acceptors (Lipinski definition) is 4. The maximum atomic E-state index is 11.7. The second-order valence-electron chi connectivity index (χ2n) is 5.99. The van der Waals surface area contributed by atoms with Gasteiger partial charge in [-0.05, 0) is 44.9 Å². The summed E-state index contributed by atoms with van der Waals surface area (Å²) in [5.74, 6) is -0.195. The van der Waals surface area contributed by atoms with E-state index in [1.54, 1.807) is 0 Å². The number of rotatable bonds is 9. The first-order chi connectivity index (χ1) is 10.5. The maximum Gasteiger partial charge on any atom is 0.308 e. The third-order valence-electron chi connectivity index (χ3n) is 3.97. The Morgan fingerprint density at radius 3 is 2.82 bits per heavy atom. The first-order valence-electron chi connectivity index (χ1n) is 8.19. The van der Waals surface area contributed by atoms with Crippen LogP contribution in [-0.4, -0.2) is 32.6 Å². The Hall–Kier alpha value is -1.13. The van der Waals surface area contributed by atoms with Crippen LogP contribution in [0.5, 0.6) is 0 Å². The fourth-order valence-electron chi connectivity index (χ4n) is 2.54. The number of methoxy groups -OCH3 is 1. The van der Waals surface area contributed by atoms with Crippen molar-refractivity contribution >= 4 is 5.97 Å². The van der Waals surface area contributed by atoms with Crippen LogP contribution in [0.15, 0.2) is 24.3 Å². The minimum absolute atomic E-state index is 0.0452. The van der Waals surface area contributed by atoms with Crippen molar-refractivity contribution in [3.05, 3.63) is 24.3 Å². The Bertz CT molecular complexity index is 369. The van der Waals surface area contributed by atoms with Crippen molar-refractivity contribution in [3.8, 4) is 0 Å². The van der Waals surface area contributed by atoms with Crippen LogP contribution in [-0.2, 0) is 19.0 Å². The number of carbonyl (C=O) groups excluding carboxylic acids is 1. The molecule has 0 aromatic heterocycles. The topological polar surface area (TPSA) is 44.8 Å². The molecule has 0 spiro atoms. The van der Waals surface area contributed by atoms with E-state index in [1.807, 2.05) is 19.9 Å². The van der Waals surface area contributed by atoms with Crippen LogP contribution < -0.4 is 0 Å². The minimum atomic E-state index is -0.173. The summed E-state index contributed by atoms with van der Waals surface area (Å²) < 4.78 is 16.1. The van der Waals surface area contributed by atoms with Crippen LogP contribution in [0.1, 0.15) is 46.0 Å². The summed E-state index contributed by atoms with van der Waals surface area (Å²) in [6.07, 6.45) is 9.04. The van der Waals surface area contributed by atoms with Gasteiger partial charge in [0.2, 0.25) is 0 Å². The van der Waals surface area contributed by atoms with Gasteiger partial charge in [0.1, 0.15) is 0 Å². The van der Waals surface area contributed by atoms with E-state index in [9.17, 15) is 4.79 Å². The molecule has 0 aliphatic carbocycles. The van der Waals surface area contributed by atoms with Crippen LogP contribution >= 0.6 is 0 Å². The average molecular weight is 310 g/mol. The third-order valence-corrected chi connectivity index (χ3v) is 3.97. The summed E-state index contributed by atoms with van der Waals surface area (Å²) in [5.41, 5.74) is 0.980. The van der Waals surface area contributed by atoms with Crippen LogP contribution in [0, 0.1) is 11.8 Å². The molecule has 0 aromatic carbocycles. The summed E-state index contributed by atoms with van der Waals surface area (Å²) in [4.78, 5) is 11.7. The molecule has 0 N–H and O–H groups in total. The molecule has 0 amide bonds. The second-order valence-corrected chi connectivity index (χ2v) is 5.99. The molecule has 0 saturated carbocycles. The normalized spacial score (nSPS) is 21.5. The van der Waals surface area contributed by atoms with Crippen molar-refractivity contribution in [2.24, 2.45) is 11.8 Å². The molecule has 1 fully saturated rings. The van der Waals surface area contributed by atoms with Crippen LogP contribution in [0.2, 0.25) is 0 Å². The number of esters is 1. The van der Waals surface area contributed by atoms with Gasteiger partial charge in [0, 0.05) is 13.2 Å². The largest absolute Gasteiger partial charge is 0.469 e. The summed E-state index contributed by atoms with van der Waals surface area (Å²) in [5, 5.41) is 0. The smallest absolute Gasteiger partial charge is 0.308 e. The second kappa shape index (κ2) is 10.6. The van der Waals surface area contributed by atoms with E-state index >= 15 is 0 Å². The Morgan fingerprint density at radius 1 is 1.45 bits per heavy atom. The molecule has 3 atom stereocenters. The molecule has 0 aromatic rings. The lowest BCUT2D eigenvalue weighted by atomic mass is 9.89. The van der Waals surface area contributed by atoms with Crippen molar-refractivity contribution in [3.63, 3.8) is 0 Å². The van der Waals surface area contributed by atoms with Crippen molar-refractivity contribution in [1.82, 2.24) is 0 Å². The highest BCUT2D eigenvalue weighted by molar-refractivity contribution is 5.72. The van der Waals surface area contributed by atoms with Gasteiger partial charge in [0.25, 0.3) is 0 Å². The fraction of sp³-hybridized carbons (Fsp3) is 0.722. The van der Waals surface area contributed by atoms with E-state index in [1.165, 1.54) is 13.5 Å².